The SMILES string of the molecule is NC(CNc1cc(Cl)c(Cl)cc1Cl)=NO. The Balaban J connectivity index is 2.82. The minimum Gasteiger partial charge on any atom is -0.409 e. The van der Waals surface area contributed by atoms with Gasteiger partial charge in [0.05, 0.1) is 27.3 Å². The lowest BCUT2D eigenvalue weighted by atomic mass is 10.3. The van der Waals surface area contributed by atoms with Gasteiger partial charge in [0.2, 0.25) is 0 Å². The topological polar surface area (TPSA) is 70.6 Å². The second kappa shape index (κ2) is 5.30. The van der Waals surface area contributed by atoms with Crippen molar-refractivity contribution in [3.63, 3.8) is 0 Å². The molecule has 0 atom stereocenters. The van der Waals surface area contributed by atoms with Gasteiger partial charge in [-0.25, -0.2) is 0 Å². The van der Waals surface area contributed by atoms with Gasteiger partial charge in [-0.1, -0.05) is 40.0 Å². The van der Waals surface area contributed by atoms with Gasteiger partial charge >= 0.3 is 0 Å². The highest BCUT2D eigenvalue weighted by atomic mass is 35.5. The Hall–Kier alpha value is -0.840. The third-order valence-corrected chi connectivity index (χ3v) is 2.63. The third kappa shape index (κ3) is 3.34. The molecule has 0 saturated heterocycles. The summed E-state index contributed by atoms with van der Waals surface area (Å²) < 4.78 is 0. The number of oxime groups is 1. The Labute approximate surface area is 102 Å². The van der Waals surface area contributed by atoms with Gasteiger partial charge in [-0.05, 0) is 12.1 Å². The minimum absolute atomic E-state index is 0.0390. The van der Waals surface area contributed by atoms with Gasteiger partial charge in [0.25, 0.3) is 0 Å². The molecular weight excluding hydrogens is 260 g/mol. The van der Waals surface area contributed by atoms with E-state index in [4.69, 9.17) is 45.7 Å². The molecule has 0 aromatic heterocycles. The minimum atomic E-state index is 0.0390. The molecule has 82 valence electrons. The quantitative estimate of drug-likeness (QED) is 0.259. The molecular formula is C8H8Cl3N3O. The lowest BCUT2D eigenvalue weighted by molar-refractivity contribution is 0.317. The van der Waals surface area contributed by atoms with Crippen LogP contribution in [0.1, 0.15) is 0 Å². The second-order valence-electron chi connectivity index (χ2n) is 2.69. The van der Waals surface area contributed by atoms with Crippen molar-refractivity contribution in [1.82, 2.24) is 0 Å². The summed E-state index contributed by atoms with van der Waals surface area (Å²) in [5, 5.41) is 15.1. The molecule has 1 aromatic carbocycles. The predicted molar refractivity (Wildman–Crippen MR) is 63.4 cm³/mol. The highest BCUT2D eigenvalue weighted by Crippen LogP contribution is 2.31. The Morgan fingerprint density at radius 3 is 2.47 bits per heavy atom. The third-order valence-electron chi connectivity index (χ3n) is 1.60. The molecule has 0 aliphatic rings. The van der Waals surface area contributed by atoms with Crippen molar-refractivity contribution in [1.29, 1.82) is 0 Å². The van der Waals surface area contributed by atoms with Gasteiger partial charge in [0.1, 0.15) is 0 Å². The first-order valence-corrected chi connectivity index (χ1v) is 5.02. The first kappa shape index (κ1) is 12.2. The molecule has 1 aromatic rings. The molecule has 4 nitrogen and oxygen atoms in total. The van der Waals surface area contributed by atoms with E-state index in [0.29, 0.717) is 20.8 Å². The number of rotatable bonds is 3. The fraction of sp³-hybridized carbons (Fsp3) is 0.125. The summed E-state index contributed by atoms with van der Waals surface area (Å²) in [6.07, 6.45) is 0. The van der Waals surface area contributed by atoms with E-state index in [1.54, 1.807) is 6.07 Å². The van der Waals surface area contributed by atoms with Crippen LogP contribution in [0, 0.1) is 0 Å². The number of amidine groups is 1. The molecule has 0 unspecified atom stereocenters. The fourth-order valence-corrected chi connectivity index (χ4v) is 1.49. The van der Waals surface area contributed by atoms with Gasteiger partial charge in [0.15, 0.2) is 5.84 Å². The fourth-order valence-electron chi connectivity index (χ4n) is 0.879. The molecule has 0 amide bonds. The van der Waals surface area contributed by atoms with Crippen LogP contribution in [-0.4, -0.2) is 17.6 Å². The summed E-state index contributed by atoms with van der Waals surface area (Å²) in [6, 6.07) is 3.08. The maximum atomic E-state index is 8.32. The zero-order chi connectivity index (χ0) is 11.4. The summed E-state index contributed by atoms with van der Waals surface area (Å²) in [4.78, 5) is 0. The van der Waals surface area contributed by atoms with E-state index in [0.717, 1.165) is 0 Å². The van der Waals surface area contributed by atoms with Gasteiger partial charge < -0.3 is 16.3 Å². The summed E-state index contributed by atoms with van der Waals surface area (Å²) in [5.41, 5.74) is 5.84. The van der Waals surface area contributed by atoms with Crippen molar-refractivity contribution >= 4 is 46.3 Å². The maximum absolute atomic E-state index is 8.32. The number of nitrogens with two attached hydrogens (primary N) is 1. The molecule has 0 saturated carbocycles. The zero-order valence-corrected chi connectivity index (χ0v) is 9.74. The number of hydrogen-bond acceptors (Lipinski definition) is 3. The maximum Gasteiger partial charge on any atom is 0.158 e. The molecule has 0 radical (unpaired) electrons. The molecule has 7 heteroatoms. The molecule has 0 aliphatic carbocycles. The van der Waals surface area contributed by atoms with Gasteiger partial charge in [-0.3, -0.25) is 0 Å². The van der Waals surface area contributed by atoms with E-state index < -0.39 is 0 Å². The van der Waals surface area contributed by atoms with E-state index in [2.05, 4.69) is 10.5 Å². The van der Waals surface area contributed by atoms with E-state index in [1.165, 1.54) is 6.07 Å². The Bertz CT molecular complexity index is 395. The van der Waals surface area contributed by atoms with E-state index in [-0.39, 0.29) is 12.4 Å². The number of anilines is 1. The summed E-state index contributed by atoms with van der Waals surface area (Å²) in [5.74, 6) is 0.0390. The van der Waals surface area contributed by atoms with Crippen LogP contribution in [0.15, 0.2) is 17.3 Å². The second-order valence-corrected chi connectivity index (χ2v) is 3.91. The van der Waals surface area contributed by atoms with Crippen molar-refractivity contribution in [2.45, 2.75) is 0 Å². The summed E-state index contributed by atoms with van der Waals surface area (Å²) in [7, 11) is 0. The predicted octanol–water partition coefficient (Wildman–Crippen LogP) is 2.81. The Morgan fingerprint density at radius 2 is 1.87 bits per heavy atom. The number of halogens is 3. The highest BCUT2D eigenvalue weighted by Gasteiger charge is 2.05. The first-order valence-electron chi connectivity index (χ1n) is 3.89. The van der Waals surface area contributed by atoms with Gasteiger partial charge in [-0.15, -0.1) is 0 Å². The summed E-state index contributed by atoms with van der Waals surface area (Å²) >= 11 is 17.4. The average Bonchev–Trinajstić information content (AvgIpc) is 2.21. The highest BCUT2D eigenvalue weighted by molar-refractivity contribution is 6.44. The van der Waals surface area contributed by atoms with E-state index >= 15 is 0 Å². The van der Waals surface area contributed by atoms with Crippen LogP contribution in [0.2, 0.25) is 15.1 Å². The van der Waals surface area contributed by atoms with E-state index in [9.17, 15) is 0 Å². The van der Waals surface area contributed by atoms with Crippen LogP contribution >= 0.6 is 34.8 Å². The monoisotopic (exact) mass is 267 g/mol. The smallest absolute Gasteiger partial charge is 0.158 e. The number of hydrogen-bond donors (Lipinski definition) is 3. The standard InChI is InChI=1S/C8H8Cl3N3O/c9-4-1-6(11)7(2-5(4)10)13-3-8(12)14-15/h1-2,13,15H,3H2,(H2,12,14). The molecule has 4 N–H and O–H groups in total. The van der Waals surface area contributed by atoms with Crippen LogP contribution in [0.4, 0.5) is 5.69 Å². The van der Waals surface area contributed by atoms with Gasteiger partial charge in [0, 0.05) is 0 Å². The molecule has 0 fully saturated rings. The average molecular weight is 269 g/mol. The van der Waals surface area contributed by atoms with Crippen molar-refractivity contribution < 1.29 is 5.21 Å². The van der Waals surface area contributed by atoms with Crippen LogP contribution < -0.4 is 11.1 Å². The molecule has 15 heavy (non-hydrogen) atoms. The summed E-state index contributed by atoms with van der Waals surface area (Å²) in [6.45, 7) is 0.161. The van der Waals surface area contributed by atoms with Crippen molar-refractivity contribution in [3.05, 3.63) is 27.2 Å². The van der Waals surface area contributed by atoms with Crippen LogP contribution in [0.5, 0.6) is 0 Å². The number of nitrogens with one attached hydrogen (secondary N) is 1. The zero-order valence-electron chi connectivity index (χ0n) is 7.47. The Kier molecular flexibility index (Phi) is 4.32. The lowest BCUT2D eigenvalue weighted by Gasteiger charge is -2.08. The largest absolute Gasteiger partial charge is 0.409 e. The lowest BCUT2D eigenvalue weighted by Crippen LogP contribution is -2.22. The normalized spacial score (nSPS) is 11.5. The molecule has 0 spiro atoms. The number of nitrogens with zero attached hydrogens (tertiary/aromatic N) is 1. The molecule has 0 bridgehead atoms. The molecule has 1 rings (SSSR count). The van der Waals surface area contributed by atoms with Crippen LogP contribution in [-0.2, 0) is 0 Å². The molecule has 0 heterocycles. The van der Waals surface area contributed by atoms with Crippen molar-refractivity contribution in [2.75, 3.05) is 11.9 Å². The van der Waals surface area contributed by atoms with E-state index in [1.807, 2.05) is 0 Å². The van der Waals surface area contributed by atoms with Crippen LogP contribution in [0.25, 0.3) is 0 Å². The van der Waals surface area contributed by atoms with Crippen molar-refractivity contribution in [3.8, 4) is 0 Å². The first-order chi connectivity index (χ1) is 7.04. The van der Waals surface area contributed by atoms with Crippen molar-refractivity contribution in [2.24, 2.45) is 10.9 Å². The van der Waals surface area contributed by atoms with Crippen LogP contribution in [0.3, 0.4) is 0 Å². The van der Waals surface area contributed by atoms with Gasteiger partial charge in [-0.2, -0.15) is 0 Å². The Morgan fingerprint density at radius 1 is 1.27 bits per heavy atom. The molecule has 0 aliphatic heterocycles. The number of benzene rings is 1.